The Hall–Kier alpha value is -2.90. The van der Waals surface area contributed by atoms with Gasteiger partial charge in [-0.3, -0.25) is 4.79 Å². The van der Waals surface area contributed by atoms with Crippen molar-refractivity contribution < 1.29 is 9.53 Å². The standard InChI is InChI=1S/C20H20N6O2S2/c1-12-3-8-15-16(10-21)19(30-17(15)9-12)22-18(27)11-29-20-23-24-25-26(20)13-4-6-14(28-2)7-5-13/h4-7,12H,3,8-9,11H2,1-2H3,(H,22,27). The molecule has 0 radical (unpaired) electrons. The molecule has 0 aliphatic heterocycles. The van der Waals surface area contributed by atoms with Crippen molar-refractivity contribution in [1.29, 1.82) is 5.26 Å². The fourth-order valence-electron chi connectivity index (χ4n) is 3.40. The molecule has 1 aliphatic carbocycles. The van der Waals surface area contributed by atoms with Crippen LogP contribution in [0.1, 0.15) is 29.3 Å². The van der Waals surface area contributed by atoms with Crippen molar-refractivity contribution in [3.05, 3.63) is 40.3 Å². The quantitative estimate of drug-likeness (QED) is 0.585. The summed E-state index contributed by atoms with van der Waals surface area (Å²) in [6.07, 6.45) is 2.95. The van der Waals surface area contributed by atoms with Crippen LogP contribution >= 0.6 is 23.1 Å². The van der Waals surface area contributed by atoms with Crippen LogP contribution in [-0.2, 0) is 17.6 Å². The van der Waals surface area contributed by atoms with Gasteiger partial charge >= 0.3 is 0 Å². The maximum Gasteiger partial charge on any atom is 0.235 e. The molecule has 2 heterocycles. The number of nitrogens with zero attached hydrogens (tertiary/aromatic N) is 5. The van der Waals surface area contributed by atoms with E-state index in [-0.39, 0.29) is 11.7 Å². The summed E-state index contributed by atoms with van der Waals surface area (Å²) in [4.78, 5) is 13.8. The molecule has 2 aromatic heterocycles. The number of hydrogen-bond acceptors (Lipinski definition) is 8. The van der Waals surface area contributed by atoms with Gasteiger partial charge in [0.1, 0.15) is 16.8 Å². The monoisotopic (exact) mass is 440 g/mol. The van der Waals surface area contributed by atoms with Crippen LogP contribution in [0.2, 0.25) is 0 Å². The van der Waals surface area contributed by atoms with Crippen molar-refractivity contribution in [1.82, 2.24) is 20.2 Å². The molecule has 0 spiro atoms. The van der Waals surface area contributed by atoms with E-state index in [0.29, 0.717) is 21.6 Å². The van der Waals surface area contributed by atoms with Crippen molar-refractivity contribution in [3.8, 4) is 17.5 Å². The highest BCUT2D eigenvalue weighted by Gasteiger charge is 2.24. The summed E-state index contributed by atoms with van der Waals surface area (Å²) in [5.74, 6) is 1.30. The van der Waals surface area contributed by atoms with Gasteiger partial charge in [-0.25, -0.2) is 0 Å². The molecule has 30 heavy (non-hydrogen) atoms. The highest BCUT2D eigenvalue weighted by Crippen LogP contribution is 2.39. The van der Waals surface area contributed by atoms with Crippen LogP contribution in [0.25, 0.3) is 5.69 Å². The molecule has 1 aromatic carbocycles. The lowest BCUT2D eigenvalue weighted by Crippen LogP contribution is -2.14. The summed E-state index contributed by atoms with van der Waals surface area (Å²) in [6.45, 7) is 2.22. The number of aromatic nitrogens is 4. The van der Waals surface area contributed by atoms with Crippen LogP contribution in [0.15, 0.2) is 29.4 Å². The second kappa shape index (κ2) is 8.85. The largest absolute Gasteiger partial charge is 0.497 e. The van der Waals surface area contributed by atoms with Gasteiger partial charge in [0.25, 0.3) is 0 Å². The highest BCUT2D eigenvalue weighted by atomic mass is 32.2. The number of methoxy groups -OCH3 is 1. The predicted molar refractivity (Wildman–Crippen MR) is 115 cm³/mol. The minimum Gasteiger partial charge on any atom is -0.497 e. The van der Waals surface area contributed by atoms with Gasteiger partial charge in [0.15, 0.2) is 0 Å². The Labute approximate surface area is 182 Å². The molecule has 0 bridgehead atoms. The average molecular weight is 441 g/mol. The first-order chi connectivity index (χ1) is 14.6. The van der Waals surface area contributed by atoms with E-state index in [1.165, 1.54) is 28.0 Å². The number of carbonyl (C=O) groups excluding carboxylic acids is 1. The first-order valence-electron chi connectivity index (χ1n) is 9.49. The Morgan fingerprint density at radius 1 is 1.43 bits per heavy atom. The summed E-state index contributed by atoms with van der Waals surface area (Å²) in [7, 11) is 1.61. The van der Waals surface area contributed by atoms with Crippen molar-refractivity contribution in [2.24, 2.45) is 5.92 Å². The number of anilines is 1. The topological polar surface area (TPSA) is 106 Å². The van der Waals surface area contributed by atoms with Crippen LogP contribution < -0.4 is 10.1 Å². The normalized spacial score (nSPS) is 15.3. The zero-order chi connectivity index (χ0) is 21.1. The van der Waals surface area contributed by atoms with Crippen molar-refractivity contribution >= 4 is 34.0 Å². The maximum atomic E-state index is 12.6. The lowest BCUT2D eigenvalue weighted by Gasteiger charge is -2.17. The number of nitriles is 1. The van der Waals surface area contributed by atoms with E-state index < -0.39 is 0 Å². The van der Waals surface area contributed by atoms with E-state index in [0.717, 1.165) is 36.3 Å². The lowest BCUT2D eigenvalue weighted by atomic mass is 9.89. The molecule has 0 fully saturated rings. The van der Waals surface area contributed by atoms with Gasteiger partial charge in [-0.2, -0.15) is 9.94 Å². The van der Waals surface area contributed by atoms with E-state index >= 15 is 0 Å². The number of carbonyl (C=O) groups is 1. The van der Waals surface area contributed by atoms with Crippen molar-refractivity contribution in [2.45, 2.75) is 31.3 Å². The van der Waals surface area contributed by atoms with Gasteiger partial charge < -0.3 is 10.1 Å². The number of hydrogen-bond donors (Lipinski definition) is 1. The molecule has 3 aromatic rings. The zero-order valence-electron chi connectivity index (χ0n) is 16.6. The van der Waals surface area contributed by atoms with Crippen LogP contribution in [0, 0.1) is 17.2 Å². The number of amides is 1. The summed E-state index contributed by atoms with van der Waals surface area (Å²) in [5.41, 5.74) is 2.49. The Morgan fingerprint density at radius 3 is 2.97 bits per heavy atom. The Kier molecular flexibility index (Phi) is 6.01. The SMILES string of the molecule is COc1ccc(-n2nnnc2SCC(=O)Nc2sc3c(c2C#N)CCC(C)C3)cc1. The van der Waals surface area contributed by atoms with E-state index in [2.05, 4.69) is 33.8 Å². The molecule has 10 heteroatoms. The van der Waals surface area contributed by atoms with E-state index in [1.807, 2.05) is 24.3 Å². The Bertz CT molecular complexity index is 1100. The van der Waals surface area contributed by atoms with E-state index in [4.69, 9.17) is 4.74 Å². The molecule has 1 aliphatic rings. The fourth-order valence-corrected chi connectivity index (χ4v) is 5.47. The number of thioether (sulfide) groups is 1. The van der Waals surface area contributed by atoms with Gasteiger partial charge in [0, 0.05) is 4.88 Å². The molecule has 0 saturated carbocycles. The molecule has 0 saturated heterocycles. The molecule has 8 nitrogen and oxygen atoms in total. The second-order valence-corrected chi connectivity index (χ2v) is 9.12. The second-order valence-electron chi connectivity index (χ2n) is 7.08. The minimum atomic E-state index is -0.188. The van der Waals surface area contributed by atoms with Gasteiger partial charge in [0.2, 0.25) is 11.1 Å². The Morgan fingerprint density at radius 2 is 2.23 bits per heavy atom. The molecule has 1 amide bonds. The molecule has 1 atom stereocenters. The number of tetrazole rings is 1. The van der Waals surface area contributed by atoms with E-state index in [1.54, 1.807) is 11.8 Å². The third-order valence-corrected chi connectivity index (χ3v) is 7.06. The third-order valence-electron chi connectivity index (χ3n) is 4.97. The van der Waals surface area contributed by atoms with Gasteiger partial charge in [-0.05, 0) is 65.4 Å². The van der Waals surface area contributed by atoms with E-state index in [9.17, 15) is 10.1 Å². The maximum absolute atomic E-state index is 12.6. The van der Waals surface area contributed by atoms with Gasteiger partial charge in [-0.15, -0.1) is 16.4 Å². The molecular weight excluding hydrogens is 420 g/mol. The smallest absolute Gasteiger partial charge is 0.235 e. The lowest BCUT2D eigenvalue weighted by molar-refractivity contribution is -0.113. The molecule has 1 unspecified atom stereocenters. The van der Waals surface area contributed by atoms with Crippen LogP contribution in [0.4, 0.5) is 5.00 Å². The molecule has 1 N–H and O–H groups in total. The zero-order valence-corrected chi connectivity index (χ0v) is 18.2. The number of fused-ring (bicyclic) bond motifs is 1. The minimum absolute atomic E-state index is 0.139. The first kappa shape index (κ1) is 20.4. The van der Waals surface area contributed by atoms with Gasteiger partial charge in [0.05, 0.1) is 24.1 Å². The van der Waals surface area contributed by atoms with Crippen LogP contribution in [0.5, 0.6) is 5.75 Å². The third kappa shape index (κ3) is 4.17. The Balaban J connectivity index is 1.43. The van der Waals surface area contributed by atoms with Crippen molar-refractivity contribution in [2.75, 3.05) is 18.2 Å². The summed E-state index contributed by atoms with van der Waals surface area (Å²) >= 11 is 2.76. The average Bonchev–Trinajstić information content (AvgIpc) is 3.35. The number of benzene rings is 1. The van der Waals surface area contributed by atoms with Crippen LogP contribution in [0.3, 0.4) is 0 Å². The number of ether oxygens (including phenoxy) is 1. The van der Waals surface area contributed by atoms with Gasteiger partial charge in [-0.1, -0.05) is 18.7 Å². The predicted octanol–water partition coefficient (Wildman–Crippen LogP) is 3.46. The first-order valence-corrected chi connectivity index (χ1v) is 11.3. The molecular formula is C20H20N6O2S2. The number of rotatable bonds is 6. The number of thiophene rings is 1. The number of nitrogens with one attached hydrogen (secondary N) is 1. The molecule has 4 rings (SSSR count). The fraction of sp³-hybridized carbons (Fsp3) is 0.350. The van der Waals surface area contributed by atoms with Crippen LogP contribution in [-0.4, -0.2) is 39.0 Å². The highest BCUT2D eigenvalue weighted by molar-refractivity contribution is 7.99. The molecule has 154 valence electrons. The van der Waals surface area contributed by atoms with Crippen molar-refractivity contribution in [3.63, 3.8) is 0 Å². The summed E-state index contributed by atoms with van der Waals surface area (Å²) in [6, 6.07) is 9.60. The summed E-state index contributed by atoms with van der Waals surface area (Å²) in [5, 5.41) is 25.4. The summed E-state index contributed by atoms with van der Waals surface area (Å²) < 4.78 is 6.74.